The number of esters is 1. The van der Waals surface area contributed by atoms with Crippen molar-refractivity contribution in [2.24, 2.45) is 0 Å². The highest BCUT2D eigenvalue weighted by molar-refractivity contribution is 8.03. The minimum absolute atomic E-state index is 0.152. The Morgan fingerprint density at radius 1 is 0.938 bits per heavy atom. The van der Waals surface area contributed by atoms with E-state index in [9.17, 15) is 9.59 Å². The highest BCUT2D eigenvalue weighted by Crippen LogP contribution is 2.32. The standard InChI is InChI=1S/C23H19N3O3S3/c1-29-21(28)16-9-11-18(12-10-16)24-20(27)14-31-23-26-25-22(32-23)30-13-17-7-4-6-15-5-2-3-8-19(15)17/h2-12H,13-14H2,1H3,(H,24,27). The summed E-state index contributed by atoms with van der Waals surface area (Å²) >= 11 is 4.48. The molecule has 0 bridgehead atoms. The van der Waals surface area contributed by atoms with E-state index in [-0.39, 0.29) is 11.7 Å². The SMILES string of the molecule is COC(=O)c1ccc(NC(=O)CSc2nnc(SCc3cccc4ccccc34)s2)cc1. The van der Waals surface area contributed by atoms with Gasteiger partial charge in [-0.05, 0) is 40.6 Å². The molecule has 0 radical (unpaired) electrons. The van der Waals surface area contributed by atoms with Crippen molar-refractivity contribution in [2.75, 3.05) is 18.2 Å². The van der Waals surface area contributed by atoms with Crippen LogP contribution in [-0.2, 0) is 15.3 Å². The average Bonchev–Trinajstić information content (AvgIpc) is 3.29. The number of fused-ring (bicyclic) bond motifs is 1. The van der Waals surface area contributed by atoms with E-state index in [0.717, 1.165) is 14.4 Å². The van der Waals surface area contributed by atoms with Crippen LogP contribution in [0.1, 0.15) is 15.9 Å². The van der Waals surface area contributed by atoms with Crippen molar-refractivity contribution in [2.45, 2.75) is 14.4 Å². The van der Waals surface area contributed by atoms with Gasteiger partial charge in [0.2, 0.25) is 5.91 Å². The highest BCUT2D eigenvalue weighted by atomic mass is 32.2. The summed E-state index contributed by atoms with van der Waals surface area (Å²) in [5.41, 5.74) is 2.31. The van der Waals surface area contributed by atoms with Gasteiger partial charge >= 0.3 is 5.97 Å². The largest absolute Gasteiger partial charge is 0.465 e. The third kappa shape index (κ3) is 5.67. The fourth-order valence-corrected chi connectivity index (χ4v) is 5.83. The van der Waals surface area contributed by atoms with Crippen molar-refractivity contribution < 1.29 is 14.3 Å². The van der Waals surface area contributed by atoms with Gasteiger partial charge < -0.3 is 10.1 Å². The van der Waals surface area contributed by atoms with Crippen molar-refractivity contribution in [3.05, 3.63) is 77.9 Å². The summed E-state index contributed by atoms with van der Waals surface area (Å²) in [6.45, 7) is 0. The maximum atomic E-state index is 12.2. The molecule has 0 fully saturated rings. The number of thioether (sulfide) groups is 2. The molecule has 0 aliphatic heterocycles. The van der Waals surface area contributed by atoms with E-state index in [1.807, 2.05) is 6.07 Å². The average molecular weight is 482 g/mol. The van der Waals surface area contributed by atoms with Gasteiger partial charge in [-0.3, -0.25) is 4.79 Å². The third-order valence-electron chi connectivity index (χ3n) is 4.54. The van der Waals surface area contributed by atoms with Crippen LogP contribution in [0.25, 0.3) is 10.8 Å². The number of methoxy groups -OCH3 is 1. The number of nitrogens with zero attached hydrogens (tertiary/aromatic N) is 2. The van der Waals surface area contributed by atoms with Gasteiger partial charge in [-0.25, -0.2) is 4.79 Å². The van der Waals surface area contributed by atoms with Crippen LogP contribution >= 0.6 is 34.9 Å². The van der Waals surface area contributed by atoms with Crippen LogP contribution in [0.4, 0.5) is 5.69 Å². The second-order valence-electron chi connectivity index (χ2n) is 6.67. The zero-order chi connectivity index (χ0) is 22.3. The fraction of sp³-hybridized carbons (Fsp3) is 0.130. The summed E-state index contributed by atoms with van der Waals surface area (Å²) in [5.74, 6) is 0.467. The van der Waals surface area contributed by atoms with E-state index < -0.39 is 5.97 Å². The lowest BCUT2D eigenvalue weighted by atomic mass is 10.1. The van der Waals surface area contributed by atoms with Gasteiger partial charge in [-0.1, -0.05) is 77.3 Å². The van der Waals surface area contributed by atoms with Crippen LogP contribution in [0.2, 0.25) is 0 Å². The van der Waals surface area contributed by atoms with Crippen LogP contribution in [-0.4, -0.2) is 34.9 Å². The second kappa shape index (κ2) is 10.6. The molecule has 4 aromatic rings. The molecular weight excluding hydrogens is 462 g/mol. The zero-order valence-electron chi connectivity index (χ0n) is 17.1. The molecule has 0 saturated heterocycles. The number of aromatic nitrogens is 2. The van der Waals surface area contributed by atoms with Crippen LogP contribution in [0.3, 0.4) is 0 Å². The van der Waals surface area contributed by atoms with Crippen molar-refractivity contribution in [3.63, 3.8) is 0 Å². The van der Waals surface area contributed by atoms with Gasteiger partial charge in [0, 0.05) is 11.4 Å². The van der Waals surface area contributed by atoms with Crippen LogP contribution in [0, 0.1) is 0 Å². The van der Waals surface area contributed by atoms with Crippen molar-refractivity contribution in [1.29, 1.82) is 0 Å². The number of carbonyl (C=O) groups excluding carboxylic acids is 2. The monoisotopic (exact) mass is 481 g/mol. The number of anilines is 1. The van der Waals surface area contributed by atoms with Gasteiger partial charge in [-0.2, -0.15) is 0 Å². The van der Waals surface area contributed by atoms with Crippen LogP contribution < -0.4 is 5.32 Å². The van der Waals surface area contributed by atoms with Crippen molar-refractivity contribution in [3.8, 4) is 0 Å². The smallest absolute Gasteiger partial charge is 0.337 e. The molecule has 4 rings (SSSR count). The van der Waals surface area contributed by atoms with Gasteiger partial charge in [0.1, 0.15) is 0 Å². The molecule has 162 valence electrons. The molecular formula is C23H19N3O3S3. The van der Waals surface area contributed by atoms with E-state index >= 15 is 0 Å². The van der Waals surface area contributed by atoms with Crippen molar-refractivity contribution >= 4 is 63.2 Å². The first-order valence-electron chi connectivity index (χ1n) is 9.66. The van der Waals surface area contributed by atoms with E-state index in [2.05, 4.69) is 56.6 Å². The minimum atomic E-state index is -0.413. The lowest BCUT2D eigenvalue weighted by Crippen LogP contribution is -2.14. The molecule has 0 saturated carbocycles. The number of rotatable bonds is 8. The molecule has 1 amide bonds. The molecule has 0 aliphatic rings. The van der Waals surface area contributed by atoms with Gasteiger partial charge in [-0.15, -0.1) is 10.2 Å². The maximum absolute atomic E-state index is 12.2. The molecule has 0 spiro atoms. The number of ether oxygens (including phenoxy) is 1. The zero-order valence-corrected chi connectivity index (χ0v) is 19.6. The molecule has 6 nitrogen and oxygen atoms in total. The molecule has 32 heavy (non-hydrogen) atoms. The Balaban J connectivity index is 1.28. The summed E-state index contributed by atoms with van der Waals surface area (Å²) in [6, 6.07) is 21.2. The van der Waals surface area contributed by atoms with Crippen LogP contribution in [0.5, 0.6) is 0 Å². The molecule has 3 aromatic carbocycles. The molecule has 0 aliphatic carbocycles. The lowest BCUT2D eigenvalue weighted by molar-refractivity contribution is -0.113. The summed E-state index contributed by atoms with van der Waals surface area (Å²) in [6.07, 6.45) is 0. The lowest BCUT2D eigenvalue weighted by Gasteiger charge is -2.05. The molecule has 1 heterocycles. The number of benzene rings is 3. The number of nitrogens with one attached hydrogen (secondary N) is 1. The van der Waals surface area contributed by atoms with Crippen LogP contribution in [0.15, 0.2) is 75.4 Å². The summed E-state index contributed by atoms with van der Waals surface area (Å²) < 4.78 is 6.29. The summed E-state index contributed by atoms with van der Waals surface area (Å²) in [7, 11) is 1.33. The minimum Gasteiger partial charge on any atom is -0.465 e. The molecule has 9 heteroatoms. The molecule has 1 aromatic heterocycles. The topological polar surface area (TPSA) is 81.2 Å². The van der Waals surface area contributed by atoms with Gasteiger partial charge in [0.25, 0.3) is 0 Å². The Morgan fingerprint density at radius 3 is 2.44 bits per heavy atom. The predicted molar refractivity (Wildman–Crippen MR) is 131 cm³/mol. The first-order chi connectivity index (χ1) is 15.6. The molecule has 1 N–H and O–H groups in total. The quantitative estimate of drug-likeness (QED) is 0.263. The second-order valence-corrected chi connectivity index (χ2v) is 10.1. The Hall–Kier alpha value is -2.88. The number of amides is 1. The first-order valence-corrected chi connectivity index (χ1v) is 12.4. The Bertz CT molecular complexity index is 1240. The number of carbonyl (C=O) groups is 2. The van der Waals surface area contributed by atoms with E-state index in [0.29, 0.717) is 11.3 Å². The number of hydrogen-bond acceptors (Lipinski definition) is 8. The number of hydrogen-bond donors (Lipinski definition) is 1. The fourth-order valence-electron chi connectivity index (χ4n) is 3.00. The highest BCUT2D eigenvalue weighted by Gasteiger charge is 2.11. The molecule has 0 atom stereocenters. The first kappa shape index (κ1) is 22.3. The normalized spacial score (nSPS) is 10.8. The maximum Gasteiger partial charge on any atom is 0.337 e. The van der Waals surface area contributed by atoms with E-state index in [1.54, 1.807) is 36.0 Å². The van der Waals surface area contributed by atoms with Gasteiger partial charge in [0.05, 0.1) is 18.4 Å². The van der Waals surface area contributed by atoms with E-state index in [4.69, 9.17) is 0 Å². The van der Waals surface area contributed by atoms with E-state index in [1.165, 1.54) is 46.5 Å². The Kier molecular flexibility index (Phi) is 7.41. The van der Waals surface area contributed by atoms with Gasteiger partial charge in [0.15, 0.2) is 8.68 Å². The Morgan fingerprint density at radius 2 is 1.66 bits per heavy atom. The Labute approximate surface area is 197 Å². The third-order valence-corrected chi connectivity index (χ3v) is 7.77. The molecule has 0 unspecified atom stereocenters. The van der Waals surface area contributed by atoms with Crippen molar-refractivity contribution in [1.82, 2.24) is 10.2 Å². The predicted octanol–water partition coefficient (Wildman–Crippen LogP) is 5.50. The summed E-state index contributed by atoms with van der Waals surface area (Å²) in [5, 5.41) is 13.7. The summed E-state index contributed by atoms with van der Waals surface area (Å²) in [4.78, 5) is 23.7.